The molecule has 1 aromatic carbocycles. The molecule has 3 aromatic rings. The highest BCUT2D eigenvalue weighted by Crippen LogP contribution is 2.18. The minimum absolute atomic E-state index is 0.0638. The number of aromatic amines is 1. The van der Waals surface area contributed by atoms with Crippen LogP contribution in [0.15, 0.2) is 60.8 Å². The number of hydrogen-bond donors (Lipinski definition) is 1. The number of carbonyl (C=O) groups excluding carboxylic acids is 1. The summed E-state index contributed by atoms with van der Waals surface area (Å²) in [6, 6.07) is 16.9. The van der Waals surface area contributed by atoms with Gasteiger partial charge in [-0.2, -0.15) is 5.10 Å². The highest BCUT2D eigenvalue weighted by molar-refractivity contribution is 5.93. The van der Waals surface area contributed by atoms with Crippen molar-refractivity contribution in [3.05, 3.63) is 66.5 Å². The van der Waals surface area contributed by atoms with Gasteiger partial charge in [0.2, 0.25) is 0 Å². The number of nitrogens with one attached hydrogen (secondary N) is 1. The summed E-state index contributed by atoms with van der Waals surface area (Å²) in [7, 11) is 0. The highest BCUT2D eigenvalue weighted by atomic mass is 16.5. The second-order valence-electron chi connectivity index (χ2n) is 6.93. The Morgan fingerprint density at radius 1 is 1.17 bits per heavy atom. The maximum atomic E-state index is 13.1. The van der Waals surface area contributed by atoms with Gasteiger partial charge in [0.05, 0.1) is 18.3 Å². The second-order valence-corrected chi connectivity index (χ2v) is 6.93. The third kappa shape index (κ3) is 5.00. The zero-order valence-electron chi connectivity index (χ0n) is 16.2. The lowest BCUT2D eigenvalue weighted by Crippen LogP contribution is -2.40. The predicted molar refractivity (Wildman–Crippen MR) is 109 cm³/mol. The summed E-state index contributed by atoms with van der Waals surface area (Å²) in [5.74, 6) is 0.669. The molecule has 4 rings (SSSR count). The van der Waals surface area contributed by atoms with E-state index < -0.39 is 0 Å². The molecular formula is C22H24N4O3. The first kappa shape index (κ1) is 19.1. The Bertz CT molecular complexity index is 908. The van der Waals surface area contributed by atoms with E-state index in [0.29, 0.717) is 31.1 Å². The molecule has 0 saturated carbocycles. The molecule has 7 heteroatoms. The van der Waals surface area contributed by atoms with E-state index in [2.05, 4.69) is 15.2 Å². The van der Waals surface area contributed by atoms with Crippen LogP contribution in [0.4, 0.5) is 0 Å². The largest absolute Gasteiger partial charge is 0.492 e. The van der Waals surface area contributed by atoms with Crippen molar-refractivity contribution >= 4 is 5.91 Å². The lowest BCUT2D eigenvalue weighted by molar-refractivity contribution is 0.0489. The summed E-state index contributed by atoms with van der Waals surface area (Å²) < 4.78 is 11.5. The van der Waals surface area contributed by atoms with E-state index in [1.807, 2.05) is 48.5 Å². The first-order valence-corrected chi connectivity index (χ1v) is 9.85. The van der Waals surface area contributed by atoms with E-state index >= 15 is 0 Å². The lowest BCUT2D eigenvalue weighted by Gasteiger charge is -2.25. The quantitative estimate of drug-likeness (QED) is 0.637. The molecule has 1 amide bonds. The minimum atomic E-state index is -0.119. The Morgan fingerprint density at radius 2 is 2.03 bits per heavy atom. The maximum Gasteiger partial charge on any atom is 0.272 e. The first-order valence-electron chi connectivity index (χ1n) is 9.85. The third-order valence-electron chi connectivity index (χ3n) is 4.84. The van der Waals surface area contributed by atoms with Gasteiger partial charge in [-0.1, -0.05) is 24.3 Å². The van der Waals surface area contributed by atoms with Crippen molar-refractivity contribution in [3.8, 4) is 17.1 Å². The second kappa shape index (κ2) is 9.34. The lowest BCUT2D eigenvalue weighted by atomic mass is 10.2. The molecule has 1 atom stereocenters. The van der Waals surface area contributed by atoms with Crippen molar-refractivity contribution in [3.63, 3.8) is 0 Å². The number of carbonyl (C=O) groups is 1. The molecule has 0 aliphatic carbocycles. The summed E-state index contributed by atoms with van der Waals surface area (Å²) in [6.07, 6.45) is 3.76. The molecule has 1 aliphatic rings. The molecule has 0 radical (unpaired) electrons. The fourth-order valence-corrected chi connectivity index (χ4v) is 3.35. The van der Waals surface area contributed by atoms with Crippen molar-refractivity contribution in [1.29, 1.82) is 0 Å². The Morgan fingerprint density at radius 3 is 2.79 bits per heavy atom. The van der Waals surface area contributed by atoms with Crippen LogP contribution < -0.4 is 4.74 Å². The fraction of sp³-hybridized carbons (Fsp3) is 0.318. The first-order chi connectivity index (χ1) is 14.3. The number of rotatable bonds is 8. The van der Waals surface area contributed by atoms with Crippen molar-refractivity contribution in [2.45, 2.75) is 18.9 Å². The minimum Gasteiger partial charge on any atom is -0.492 e. The maximum absolute atomic E-state index is 13.1. The van der Waals surface area contributed by atoms with Gasteiger partial charge < -0.3 is 14.4 Å². The van der Waals surface area contributed by atoms with Gasteiger partial charge in [0, 0.05) is 19.3 Å². The zero-order valence-corrected chi connectivity index (χ0v) is 16.2. The van der Waals surface area contributed by atoms with Crippen LogP contribution in [0.5, 0.6) is 5.75 Å². The average molecular weight is 392 g/mol. The SMILES string of the molecule is O=C(c1cc(-c2ccccn2)n[nH]1)N(CCOc1ccccc1)CC1CCCO1. The molecule has 1 unspecified atom stereocenters. The monoisotopic (exact) mass is 392 g/mol. The van der Waals surface area contributed by atoms with Crippen molar-refractivity contribution in [1.82, 2.24) is 20.1 Å². The number of benzene rings is 1. The topological polar surface area (TPSA) is 80.3 Å². The van der Waals surface area contributed by atoms with Crippen LogP contribution in [0.1, 0.15) is 23.3 Å². The Balaban J connectivity index is 1.44. The van der Waals surface area contributed by atoms with Gasteiger partial charge in [0.15, 0.2) is 0 Å². The molecule has 1 aliphatic heterocycles. The molecule has 2 aromatic heterocycles. The number of H-pyrrole nitrogens is 1. The molecule has 1 fully saturated rings. The van der Waals surface area contributed by atoms with Gasteiger partial charge in [0.25, 0.3) is 5.91 Å². The van der Waals surface area contributed by atoms with Crippen molar-refractivity contribution in [2.75, 3.05) is 26.3 Å². The molecule has 1 N–H and O–H groups in total. The molecule has 0 bridgehead atoms. The molecule has 3 heterocycles. The van der Waals surface area contributed by atoms with Gasteiger partial charge >= 0.3 is 0 Å². The molecule has 150 valence electrons. The summed E-state index contributed by atoms with van der Waals surface area (Å²) in [5, 5.41) is 7.11. The van der Waals surface area contributed by atoms with Crippen molar-refractivity contribution in [2.24, 2.45) is 0 Å². The van der Waals surface area contributed by atoms with Crippen LogP contribution in [-0.2, 0) is 4.74 Å². The smallest absolute Gasteiger partial charge is 0.272 e. The van der Waals surface area contributed by atoms with Gasteiger partial charge in [-0.05, 0) is 43.2 Å². The van der Waals surface area contributed by atoms with E-state index in [4.69, 9.17) is 9.47 Å². The van der Waals surface area contributed by atoms with E-state index in [-0.39, 0.29) is 12.0 Å². The summed E-state index contributed by atoms with van der Waals surface area (Å²) in [5.41, 5.74) is 1.80. The Kier molecular flexibility index (Phi) is 6.16. The number of pyridine rings is 1. The van der Waals surface area contributed by atoms with Crippen LogP contribution in [0, 0.1) is 0 Å². The van der Waals surface area contributed by atoms with E-state index in [1.54, 1.807) is 17.2 Å². The Labute approximate surface area is 169 Å². The molecule has 0 spiro atoms. The van der Waals surface area contributed by atoms with Gasteiger partial charge in [-0.25, -0.2) is 0 Å². The zero-order chi connectivity index (χ0) is 19.9. The van der Waals surface area contributed by atoms with Crippen molar-refractivity contribution < 1.29 is 14.3 Å². The predicted octanol–water partition coefficient (Wildman–Crippen LogP) is 3.17. The van der Waals surface area contributed by atoms with Crippen LogP contribution in [0.2, 0.25) is 0 Å². The highest BCUT2D eigenvalue weighted by Gasteiger charge is 2.25. The standard InChI is InChI=1S/C22H24N4O3/c27-22(21-15-20(24-25-21)19-10-4-5-11-23-19)26(16-18-9-6-13-28-18)12-14-29-17-7-2-1-3-8-17/h1-5,7-8,10-11,15,18H,6,9,12-14,16H2,(H,24,25). The average Bonchev–Trinajstić information content (AvgIpc) is 3.46. The number of aromatic nitrogens is 3. The number of amides is 1. The Hall–Kier alpha value is -3.19. The van der Waals surface area contributed by atoms with Gasteiger partial charge in [-0.15, -0.1) is 0 Å². The summed E-state index contributed by atoms with van der Waals surface area (Å²) in [4.78, 5) is 19.2. The summed E-state index contributed by atoms with van der Waals surface area (Å²) >= 11 is 0. The number of para-hydroxylation sites is 1. The van der Waals surface area contributed by atoms with Gasteiger partial charge in [0.1, 0.15) is 23.7 Å². The third-order valence-corrected chi connectivity index (χ3v) is 4.84. The molecule has 1 saturated heterocycles. The van der Waals surface area contributed by atoms with E-state index in [9.17, 15) is 4.79 Å². The van der Waals surface area contributed by atoms with Crippen LogP contribution in [0.25, 0.3) is 11.4 Å². The van der Waals surface area contributed by atoms with Crippen LogP contribution >= 0.6 is 0 Å². The van der Waals surface area contributed by atoms with E-state index in [1.165, 1.54) is 0 Å². The molecule has 7 nitrogen and oxygen atoms in total. The fourth-order valence-electron chi connectivity index (χ4n) is 3.35. The number of nitrogens with zero attached hydrogens (tertiary/aromatic N) is 3. The van der Waals surface area contributed by atoms with Gasteiger partial charge in [-0.3, -0.25) is 14.9 Å². The normalized spacial score (nSPS) is 15.9. The molecular weight excluding hydrogens is 368 g/mol. The van der Waals surface area contributed by atoms with Crippen LogP contribution in [0.3, 0.4) is 0 Å². The molecule has 29 heavy (non-hydrogen) atoms. The summed E-state index contributed by atoms with van der Waals surface area (Å²) in [6.45, 7) is 2.16. The van der Waals surface area contributed by atoms with E-state index in [0.717, 1.165) is 30.9 Å². The number of hydrogen-bond acceptors (Lipinski definition) is 5. The number of ether oxygens (including phenoxy) is 2. The van der Waals surface area contributed by atoms with Crippen LogP contribution in [-0.4, -0.2) is 58.4 Å².